The Morgan fingerprint density at radius 2 is 2.22 bits per heavy atom. The predicted molar refractivity (Wildman–Crippen MR) is 90.3 cm³/mol. The van der Waals surface area contributed by atoms with E-state index in [1.165, 1.54) is 0 Å². The summed E-state index contributed by atoms with van der Waals surface area (Å²) in [5, 5.41) is 9.33. The van der Waals surface area contributed by atoms with Crippen LogP contribution in [0.25, 0.3) is 6.08 Å². The highest BCUT2D eigenvalue weighted by Gasteiger charge is 2.40. The summed E-state index contributed by atoms with van der Waals surface area (Å²) < 4.78 is 1.99. The van der Waals surface area contributed by atoms with Crippen molar-refractivity contribution in [3.8, 4) is 0 Å². The molecule has 0 radical (unpaired) electrons. The highest BCUT2D eigenvalue weighted by molar-refractivity contribution is 8.26. The van der Waals surface area contributed by atoms with Gasteiger partial charge in [0.15, 0.2) is 0 Å². The number of carboxylic acids is 1. The number of hydrogen-bond donors (Lipinski definition) is 2. The topological polar surface area (TPSA) is 106 Å². The van der Waals surface area contributed by atoms with Gasteiger partial charge in [-0.2, -0.15) is 0 Å². The molecule has 1 fully saturated rings. The molecule has 0 aromatic carbocycles. The number of carboxylic acid groups (broad SMARTS) is 1. The molecule has 0 bridgehead atoms. The molecule has 1 aromatic heterocycles. The average Bonchev–Trinajstić information content (AvgIpc) is 2.97. The number of primary amides is 1. The van der Waals surface area contributed by atoms with Gasteiger partial charge in [0.1, 0.15) is 10.4 Å². The molecule has 1 saturated heterocycles. The van der Waals surface area contributed by atoms with Gasteiger partial charge in [-0.1, -0.05) is 24.0 Å². The summed E-state index contributed by atoms with van der Waals surface area (Å²) in [6.07, 6.45) is 3.28. The van der Waals surface area contributed by atoms with E-state index in [9.17, 15) is 19.5 Å². The highest BCUT2D eigenvalue weighted by Crippen LogP contribution is 2.34. The summed E-state index contributed by atoms with van der Waals surface area (Å²) >= 11 is 6.18. The van der Waals surface area contributed by atoms with E-state index in [2.05, 4.69) is 0 Å². The first-order valence-electron chi connectivity index (χ1n) is 6.70. The molecule has 0 spiro atoms. The van der Waals surface area contributed by atoms with Gasteiger partial charge in [0.05, 0.1) is 4.91 Å². The van der Waals surface area contributed by atoms with E-state index in [0.29, 0.717) is 4.91 Å². The van der Waals surface area contributed by atoms with Crippen molar-refractivity contribution in [1.29, 1.82) is 0 Å². The molecule has 1 unspecified atom stereocenters. The molecule has 2 rings (SSSR count). The van der Waals surface area contributed by atoms with Crippen LogP contribution in [0.15, 0.2) is 23.2 Å². The van der Waals surface area contributed by atoms with Crippen LogP contribution in [-0.2, 0) is 21.4 Å². The van der Waals surface area contributed by atoms with E-state index in [4.69, 9.17) is 18.0 Å². The van der Waals surface area contributed by atoms with E-state index >= 15 is 0 Å². The van der Waals surface area contributed by atoms with Crippen LogP contribution < -0.4 is 5.73 Å². The number of thiocarbonyl (C=S) groups is 1. The molecule has 9 heteroatoms. The molecule has 1 atom stereocenters. The van der Waals surface area contributed by atoms with E-state index in [1.807, 2.05) is 29.9 Å². The molecule has 1 aliphatic heterocycles. The standard InChI is InChI=1S/C14H15N3O4S2/c1-16-6-2-3-8(16)7-10-12(19)17(14(22)23-10)9(13(20)21)4-5-11(15)18/h2-3,6-7,9H,4-5H2,1H3,(H2,15,18)(H,20,21)/b10-7+. The molecule has 2 amide bonds. The van der Waals surface area contributed by atoms with Crippen molar-refractivity contribution in [2.45, 2.75) is 18.9 Å². The van der Waals surface area contributed by atoms with Crippen LogP contribution in [-0.4, -0.2) is 42.7 Å². The van der Waals surface area contributed by atoms with E-state index in [0.717, 1.165) is 22.4 Å². The van der Waals surface area contributed by atoms with Crippen LogP contribution in [0.3, 0.4) is 0 Å². The molecular formula is C14H15N3O4S2. The molecule has 3 N–H and O–H groups in total. The average molecular weight is 353 g/mol. The van der Waals surface area contributed by atoms with Gasteiger partial charge in [-0.25, -0.2) is 4.79 Å². The largest absolute Gasteiger partial charge is 0.480 e. The van der Waals surface area contributed by atoms with Crippen molar-refractivity contribution in [3.63, 3.8) is 0 Å². The number of amides is 2. The van der Waals surface area contributed by atoms with Crippen LogP contribution in [0.2, 0.25) is 0 Å². The lowest BCUT2D eigenvalue weighted by molar-refractivity contribution is -0.145. The van der Waals surface area contributed by atoms with Crippen molar-refractivity contribution in [2.75, 3.05) is 0 Å². The first-order valence-corrected chi connectivity index (χ1v) is 7.93. The third-order valence-corrected chi connectivity index (χ3v) is 4.68. The molecule has 122 valence electrons. The fourth-order valence-electron chi connectivity index (χ4n) is 2.15. The number of nitrogens with two attached hydrogens (primary N) is 1. The highest BCUT2D eigenvalue weighted by atomic mass is 32.2. The fraction of sp³-hybridized carbons (Fsp3) is 0.286. The Labute approximate surface area is 142 Å². The van der Waals surface area contributed by atoms with Crippen LogP contribution in [0, 0.1) is 0 Å². The molecule has 1 aromatic rings. The van der Waals surface area contributed by atoms with Gasteiger partial charge < -0.3 is 15.4 Å². The number of aliphatic carboxylic acids is 1. The Kier molecular flexibility index (Phi) is 5.22. The number of nitrogens with zero attached hydrogens (tertiary/aromatic N) is 2. The minimum atomic E-state index is -1.22. The number of aryl methyl sites for hydroxylation is 1. The van der Waals surface area contributed by atoms with Gasteiger partial charge in [0.2, 0.25) is 5.91 Å². The zero-order valence-electron chi connectivity index (χ0n) is 12.3. The van der Waals surface area contributed by atoms with E-state index in [-0.39, 0.29) is 17.2 Å². The molecular weight excluding hydrogens is 338 g/mol. The maximum atomic E-state index is 12.5. The van der Waals surface area contributed by atoms with Crippen LogP contribution in [0.1, 0.15) is 18.5 Å². The van der Waals surface area contributed by atoms with Crippen molar-refractivity contribution in [3.05, 3.63) is 28.9 Å². The van der Waals surface area contributed by atoms with E-state index < -0.39 is 23.8 Å². The van der Waals surface area contributed by atoms with Crippen LogP contribution in [0.5, 0.6) is 0 Å². The van der Waals surface area contributed by atoms with Gasteiger partial charge in [-0.05, 0) is 24.6 Å². The third-order valence-electron chi connectivity index (χ3n) is 3.35. The van der Waals surface area contributed by atoms with Crippen molar-refractivity contribution in [1.82, 2.24) is 9.47 Å². The van der Waals surface area contributed by atoms with Gasteiger partial charge >= 0.3 is 5.97 Å². The molecule has 7 nitrogen and oxygen atoms in total. The lowest BCUT2D eigenvalue weighted by Crippen LogP contribution is -2.44. The Morgan fingerprint density at radius 3 is 2.74 bits per heavy atom. The Bertz CT molecular complexity index is 711. The monoisotopic (exact) mass is 353 g/mol. The second kappa shape index (κ2) is 6.97. The smallest absolute Gasteiger partial charge is 0.326 e. The number of carbonyl (C=O) groups is 3. The summed E-state index contributed by atoms with van der Waals surface area (Å²) in [5.74, 6) is -2.32. The minimum absolute atomic E-state index is 0.0749. The summed E-state index contributed by atoms with van der Waals surface area (Å²) in [5.41, 5.74) is 5.86. The molecule has 23 heavy (non-hydrogen) atoms. The SMILES string of the molecule is Cn1cccc1/C=C1/SC(=S)N(C(CCC(N)=O)C(=O)O)C1=O. The lowest BCUT2D eigenvalue weighted by Gasteiger charge is -2.22. The quantitative estimate of drug-likeness (QED) is 0.582. The second-order valence-electron chi connectivity index (χ2n) is 4.95. The van der Waals surface area contributed by atoms with Crippen LogP contribution in [0.4, 0.5) is 0 Å². The molecule has 0 aliphatic carbocycles. The zero-order valence-corrected chi connectivity index (χ0v) is 13.9. The first-order chi connectivity index (χ1) is 10.8. The Morgan fingerprint density at radius 1 is 1.52 bits per heavy atom. The molecule has 2 heterocycles. The van der Waals surface area contributed by atoms with Gasteiger partial charge in [-0.3, -0.25) is 14.5 Å². The number of aromatic nitrogens is 1. The fourth-order valence-corrected chi connectivity index (χ4v) is 3.49. The Hall–Kier alpha value is -2.13. The summed E-state index contributed by atoms with van der Waals surface area (Å²) in [6.45, 7) is 0. The van der Waals surface area contributed by atoms with Gasteiger partial charge in [-0.15, -0.1) is 0 Å². The van der Waals surface area contributed by atoms with Gasteiger partial charge in [0.25, 0.3) is 5.91 Å². The van der Waals surface area contributed by atoms with Crippen molar-refractivity contribution >= 4 is 52.2 Å². The number of carbonyl (C=O) groups excluding carboxylic acids is 2. The zero-order chi connectivity index (χ0) is 17.1. The van der Waals surface area contributed by atoms with Gasteiger partial charge in [0, 0.05) is 25.4 Å². The summed E-state index contributed by atoms with van der Waals surface area (Å²) in [4.78, 5) is 36.2. The van der Waals surface area contributed by atoms with Crippen LogP contribution >= 0.6 is 24.0 Å². The van der Waals surface area contributed by atoms with E-state index in [1.54, 1.807) is 6.08 Å². The van der Waals surface area contributed by atoms with Crippen molar-refractivity contribution < 1.29 is 19.5 Å². The minimum Gasteiger partial charge on any atom is -0.480 e. The molecule has 0 saturated carbocycles. The maximum absolute atomic E-state index is 12.5. The number of thioether (sulfide) groups is 1. The first kappa shape index (κ1) is 17.2. The maximum Gasteiger partial charge on any atom is 0.326 e. The normalized spacial score (nSPS) is 17.8. The Balaban J connectivity index is 2.26. The number of hydrogen-bond acceptors (Lipinski definition) is 5. The van der Waals surface area contributed by atoms with Crippen molar-refractivity contribution in [2.24, 2.45) is 12.8 Å². The number of rotatable bonds is 6. The third kappa shape index (κ3) is 3.80. The second-order valence-corrected chi connectivity index (χ2v) is 6.63. The lowest BCUT2D eigenvalue weighted by atomic mass is 10.1. The summed E-state index contributed by atoms with van der Waals surface area (Å²) in [6, 6.07) is 2.46. The predicted octanol–water partition coefficient (Wildman–Crippen LogP) is 0.945. The molecule has 1 aliphatic rings. The summed E-state index contributed by atoms with van der Waals surface area (Å²) in [7, 11) is 1.83.